The highest BCUT2D eigenvalue weighted by atomic mass is 19.1. The molecule has 0 amide bonds. The van der Waals surface area contributed by atoms with E-state index in [2.05, 4.69) is 15.3 Å². The Labute approximate surface area is 116 Å². The zero-order valence-electron chi connectivity index (χ0n) is 11.4. The Balaban J connectivity index is 1.94. The zero-order valence-corrected chi connectivity index (χ0v) is 11.4. The molecule has 0 aliphatic heterocycles. The van der Waals surface area contributed by atoms with Gasteiger partial charge in [0.05, 0.1) is 14.2 Å². The van der Waals surface area contributed by atoms with E-state index in [1.165, 1.54) is 12.4 Å². The number of benzene rings is 1. The number of nitrogens with one attached hydrogen (secondary N) is 1. The molecule has 2 aromatic rings. The van der Waals surface area contributed by atoms with Gasteiger partial charge in [-0.05, 0) is 24.1 Å². The van der Waals surface area contributed by atoms with E-state index in [4.69, 9.17) is 9.47 Å². The van der Waals surface area contributed by atoms with Crippen LogP contribution in [0.3, 0.4) is 0 Å². The Bertz CT molecular complexity index is 578. The predicted octanol–water partition coefficient (Wildman–Crippen LogP) is 2.29. The van der Waals surface area contributed by atoms with Crippen LogP contribution >= 0.6 is 0 Å². The minimum atomic E-state index is -0.548. The molecule has 0 spiro atoms. The summed E-state index contributed by atoms with van der Waals surface area (Å²) in [6, 6.07) is 7.00. The lowest BCUT2D eigenvalue weighted by molar-refractivity contribution is 0.354. The van der Waals surface area contributed by atoms with E-state index in [0.29, 0.717) is 23.9 Å². The average molecular weight is 277 g/mol. The summed E-state index contributed by atoms with van der Waals surface area (Å²) in [5.74, 6) is 1.31. The van der Waals surface area contributed by atoms with Crippen molar-refractivity contribution in [3.05, 3.63) is 42.1 Å². The van der Waals surface area contributed by atoms with Gasteiger partial charge >= 0.3 is 0 Å². The van der Waals surface area contributed by atoms with Crippen molar-refractivity contribution < 1.29 is 13.9 Å². The normalized spacial score (nSPS) is 10.2. The maximum absolute atomic E-state index is 12.9. The molecule has 0 saturated heterocycles. The van der Waals surface area contributed by atoms with Gasteiger partial charge in [-0.25, -0.2) is 9.97 Å². The third-order valence-corrected chi connectivity index (χ3v) is 2.80. The van der Waals surface area contributed by atoms with Crippen LogP contribution in [0.2, 0.25) is 0 Å². The molecule has 6 heteroatoms. The first-order valence-electron chi connectivity index (χ1n) is 6.15. The first kappa shape index (κ1) is 14.0. The van der Waals surface area contributed by atoms with Gasteiger partial charge in [0.2, 0.25) is 5.95 Å². The first-order valence-corrected chi connectivity index (χ1v) is 6.15. The van der Waals surface area contributed by atoms with Crippen LogP contribution in [-0.4, -0.2) is 30.7 Å². The molecule has 1 aromatic heterocycles. The van der Waals surface area contributed by atoms with Gasteiger partial charge in [-0.2, -0.15) is 4.39 Å². The van der Waals surface area contributed by atoms with Crippen LogP contribution in [0.4, 0.5) is 10.2 Å². The number of hydrogen-bond acceptors (Lipinski definition) is 5. The van der Waals surface area contributed by atoms with E-state index in [1.807, 2.05) is 18.2 Å². The van der Waals surface area contributed by atoms with Crippen molar-refractivity contribution in [3.63, 3.8) is 0 Å². The van der Waals surface area contributed by atoms with Gasteiger partial charge in [0.25, 0.3) is 0 Å². The second kappa shape index (κ2) is 6.70. The topological polar surface area (TPSA) is 56.3 Å². The van der Waals surface area contributed by atoms with Crippen LogP contribution in [0.1, 0.15) is 5.56 Å². The number of methoxy groups -OCH3 is 2. The first-order chi connectivity index (χ1) is 9.72. The summed E-state index contributed by atoms with van der Waals surface area (Å²) in [6.45, 7) is 0.631. The zero-order chi connectivity index (χ0) is 14.4. The van der Waals surface area contributed by atoms with Crippen molar-refractivity contribution in [2.75, 3.05) is 26.1 Å². The van der Waals surface area contributed by atoms with Crippen LogP contribution in [0, 0.1) is 5.95 Å². The third kappa shape index (κ3) is 3.57. The molecule has 5 nitrogen and oxygen atoms in total. The number of anilines is 1. The molecule has 1 heterocycles. The SMILES string of the molecule is COc1ccc(CCNc2cc(F)ncn2)cc1OC. The van der Waals surface area contributed by atoms with E-state index in [1.54, 1.807) is 14.2 Å². The molecule has 0 radical (unpaired) electrons. The minimum absolute atomic E-state index is 0.470. The largest absolute Gasteiger partial charge is 0.493 e. The van der Waals surface area contributed by atoms with Gasteiger partial charge in [0.1, 0.15) is 12.1 Å². The molecule has 0 aliphatic carbocycles. The molecule has 1 aromatic carbocycles. The maximum atomic E-state index is 12.9. The molecule has 1 N–H and O–H groups in total. The Kier molecular flexibility index (Phi) is 4.70. The average Bonchev–Trinajstić information content (AvgIpc) is 2.47. The molecule has 0 bridgehead atoms. The fraction of sp³-hybridized carbons (Fsp3) is 0.286. The Morgan fingerprint density at radius 3 is 2.60 bits per heavy atom. The van der Waals surface area contributed by atoms with Crippen molar-refractivity contribution in [3.8, 4) is 11.5 Å². The van der Waals surface area contributed by atoms with E-state index in [0.717, 1.165) is 12.0 Å². The molecule has 0 saturated carbocycles. The summed E-state index contributed by atoms with van der Waals surface area (Å²) in [5.41, 5.74) is 1.09. The Morgan fingerprint density at radius 1 is 1.10 bits per heavy atom. The summed E-state index contributed by atoms with van der Waals surface area (Å²) >= 11 is 0. The number of hydrogen-bond donors (Lipinski definition) is 1. The second-order valence-electron chi connectivity index (χ2n) is 4.09. The highest BCUT2D eigenvalue weighted by molar-refractivity contribution is 5.43. The monoisotopic (exact) mass is 277 g/mol. The summed E-state index contributed by atoms with van der Waals surface area (Å²) in [7, 11) is 3.20. The van der Waals surface area contributed by atoms with Crippen molar-refractivity contribution in [2.45, 2.75) is 6.42 Å². The molecule has 0 atom stereocenters. The standard InChI is InChI=1S/C14H16FN3O2/c1-19-11-4-3-10(7-12(11)20-2)5-6-16-14-8-13(15)17-9-18-14/h3-4,7-9H,5-6H2,1-2H3,(H,16,17,18). The smallest absolute Gasteiger partial charge is 0.217 e. The molecule has 0 aliphatic rings. The second-order valence-corrected chi connectivity index (χ2v) is 4.09. The van der Waals surface area contributed by atoms with Crippen LogP contribution in [0.5, 0.6) is 11.5 Å². The fourth-order valence-corrected chi connectivity index (χ4v) is 1.80. The lowest BCUT2D eigenvalue weighted by Crippen LogP contribution is -2.07. The van der Waals surface area contributed by atoms with Crippen LogP contribution in [0.25, 0.3) is 0 Å². The van der Waals surface area contributed by atoms with Gasteiger partial charge in [0.15, 0.2) is 11.5 Å². The van der Waals surface area contributed by atoms with Crippen molar-refractivity contribution >= 4 is 5.82 Å². The Morgan fingerprint density at radius 2 is 1.90 bits per heavy atom. The highest BCUT2D eigenvalue weighted by Gasteiger charge is 2.04. The van der Waals surface area contributed by atoms with Gasteiger partial charge in [-0.3, -0.25) is 0 Å². The molecule has 0 fully saturated rings. The minimum Gasteiger partial charge on any atom is -0.493 e. The van der Waals surface area contributed by atoms with Gasteiger partial charge in [0, 0.05) is 12.6 Å². The quantitative estimate of drug-likeness (QED) is 0.821. The number of aromatic nitrogens is 2. The van der Waals surface area contributed by atoms with Crippen LogP contribution in [0.15, 0.2) is 30.6 Å². The number of rotatable bonds is 6. The summed E-state index contributed by atoms with van der Waals surface area (Å²) < 4.78 is 23.3. The van der Waals surface area contributed by atoms with Crippen LogP contribution < -0.4 is 14.8 Å². The van der Waals surface area contributed by atoms with E-state index < -0.39 is 5.95 Å². The van der Waals surface area contributed by atoms with Gasteiger partial charge in [-0.15, -0.1) is 0 Å². The van der Waals surface area contributed by atoms with Crippen molar-refractivity contribution in [1.29, 1.82) is 0 Å². The molecule has 0 unspecified atom stereocenters. The number of nitrogens with zero attached hydrogens (tertiary/aromatic N) is 2. The number of halogens is 1. The van der Waals surface area contributed by atoms with Crippen molar-refractivity contribution in [2.24, 2.45) is 0 Å². The Hall–Kier alpha value is -2.37. The molecular formula is C14H16FN3O2. The van der Waals surface area contributed by atoms with Gasteiger partial charge < -0.3 is 14.8 Å². The lowest BCUT2D eigenvalue weighted by atomic mass is 10.1. The molecule has 2 rings (SSSR count). The number of ether oxygens (including phenoxy) is 2. The molecule has 20 heavy (non-hydrogen) atoms. The summed E-state index contributed by atoms with van der Waals surface area (Å²) in [6.07, 6.45) is 1.94. The predicted molar refractivity (Wildman–Crippen MR) is 73.7 cm³/mol. The molecular weight excluding hydrogens is 261 g/mol. The van der Waals surface area contributed by atoms with E-state index >= 15 is 0 Å². The summed E-state index contributed by atoms with van der Waals surface area (Å²) in [5, 5.41) is 3.04. The molecule has 106 valence electrons. The maximum Gasteiger partial charge on any atom is 0.217 e. The fourth-order valence-electron chi connectivity index (χ4n) is 1.80. The van der Waals surface area contributed by atoms with E-state index in [9.17, 15) is 4.39 Å². The summed E-state index contributed by atoms with van der Waals surface area (Å²) in [4.78, 5) is 7.32. The van der Waals surface area contributed by atoms with E-state index in [-0.39, 0.29) is 0 Å². The van der Waals surface area contributed by atoms with Crippen LogP contribution in [-0.2, 0) is 6.42 Å². The van der Waals surface area contributed by atoms with Crippen molar-refractivity contribution in [1.82, 2.24) is 9.97 Å². The lowest BCUT2D eigenvalue weighted by Gasteiger charge is -2.10. The third-order valence-electron chi connectivity index (χ3n) is 2.80. The van der Waals surface area contributed by atoms with Gasteiger partial charge in [-0.1, -0.05) is 6.07 Å². The highest BCUT2D eigenvalue weighted by Crippen LogP contribution is 2.27.